The van der Waals surface area contributed by atoms with Crippen molar-refractivity contribution in [2.75, 3.05) is 5.32 Å². The zero-order valence-corrected chi connectivity index (χ0v) is 10.2. The molecule has 3 rings (SSSR count). The average molecular weight is 253 g/mol. The van der Waals surface area contributed by atoms with Gasteiger partial charge in [0.25, 0.3) is 5.91 Å². The molecule has 0 saturated heterocycles. The summed E-state index contributed by atoms with van der Waals surface area (Å²) < 4.78 is 1.82. The van der Waals surface area contributed by atoms with Crippen molar-refractivity contribution in [3.63, 3.8) is 0 Å². The number of nitrogens with zero attached hydrogens (tertiary/aromatic N) is 4. The minimum absolute atomic E-state index is 0.251. The second-order valence-electron chi connectivity index (χ2n) is 4.09. The van der Waals surface area contributed by atoms with Crippen LogP contribution in [-0.2, 0) is 0 Å². The standard InChI is InChI=1S/C13H11N5O/c1-9-7-18-8-10(3-4-11(18)16-9)12(19)17-13-14-5-2-6-15-13/h2-8H,1H3,(H,14,15,17,19). The van der Waals surface area contributed by atoms with Crippen LogP contribution < -0.4 is 5.32 Å². The summed E-state index contributed by atoms with van der Waals surface area (Å²) in [6, 6.07) is 5.21. The van der Waals surface area contributed by atoms with Gasteiger partial charge in [-0.15, -0.1) is 0 Å². The number of carbonyl (C=O) groups excluding carboxylic acids is 1. The van der Waals surface area contributed by atoms with Crippen LogP contribution in [0.25, 0.3) is 5.65 Å². The summed E-state index contributed by atoms with van der Waals surface area (Å²) in [5.41, 5.74) is 2.24. The number of imidazole rings is 1. The first-order chi connectivity index (χ1) is 9.22. The fourth-order valence-electron chi connectivity index (χ4n) is 1.79. The van der Waals surface area contributed by atoms with Crippen LogP contribution in [0.2, 0.25) is 0 Å². The molecule has 0 aliphatic rings. The largest absolute Gasteiger partial charge is 0.306 e. The normalized spacial score (nSPS) is 10.6. The van der Waals surface area contributed by atoms with Crippen molar-refractivity contribution in [1.29, 1.82) is 0 Å². The van der Waals surface area contributed by atoms with Crippen molar-refractivity contribution in [3.8, 4) is 0 Å². The topological polar surface area (TPSA) is 72.2 Å². The Morgan fingerprint density at radius 1 is 1.21 bits per heavy atom. The van der Waals surface area contributed by atoms with Gasteiger partial charge in [-0.2, -0.15) is 0 Å². The van der Waals surface area contributed by atoms with Gasteiger partial charge in [0.1, 0.15) is 5.65 Å². The molecule has 0 spiro atoms. The van der Waals surface area contributed by atoms with Crippen LogP contribution in [-0.4, -0.2) is 25.3 Å². The Balaban J connectivity index is 1.89. The highest BCUT2D eigenvalue weighted by Crippen LogP contribution is 2.08. The number of nitrogens with one attached hydrogen (secondary N) is 1. The number of carbonyl (C=O) groups is 1. The Morgan fingerprint density at radius 3 is 2.79 bits per heavy atom. The van der Waals surface area contributed by atoms with E-state index in [0.29, 0.717) is 5.56 Å². The van der Waals surface area contributed by atoms with Crippen molar-refractivity contribution in [2.24, 2.45) is 0 Å². The maximum Gasteiger partial charge on any atom is 0.259 e. The van der Waals surface area contributed by atoms with Crippen LogP contribution in [0, 0.1) is 6.92 Å². The van der Waals surface area contributed by atoms with Crippen molar-refractivity contribution in [3.05, 3.63) is 54.2 Å². The summed E-state index contributed by atoms with van der Waals surface area (Å²) in [6.07, 6.45) is 6.74. The van der Waals surface area contributed by atoms with Gasteiger partial charge in [0.15, 0.2) is 0 Å². The molecular formula is C13H11N5O. The fourth-order valence-corrected chi connectivity index (χ4v) is 1.79. The van der Waals surface area contributed by atoms with Crippen LogP contribution >= 0.6 is 0 Å². The molecule has 0 bridgehead atoms. The van der Waals surface area contributed by atoms with E-state index >= 15 is 0 Å². The molecule has 0 saturated carbocycles. The van der Waals surface area contributed by atoms with Gasteiger partial charge in [0.2, 0.25) is 5.95 Å². The summed E-state index contributed by atoms with van der Waals surface area (Å²) in [7, 11) is 0. The molecule has 19 heavy (non-hydrogen) atoms. The number of aryl methyl sites for hydroxylation is 1. The van der Waals surface area contributed by atoms with Gasteiger partial charge >= 0.3 is 0 Å². The van der Waals surface area contributed by atoms with E-state index in [9.17, 15) is 4.79 Å². The van der Waals surface area contributed by atoms with E-state index < -0.39 is 0 Å². The molecule has 0 atom stereocenters. The number of aromatic nitrogens is 4. The Labute approximate surface area is 109 Å². The predicted octanol–water partition coefficient (Wildman–Crippen LogP) is 1.69. The molecule has 0 aliphatic heterocycles. The molecular weight excluding hydrogens is 242 g/mol. The SMILES string of the molecule is Cc1cn2cc(C(=O)Nc3ncccn3)ccc2n1. The van der Waals surface area contributed by atoms with E-state index in [0.717, 1.165) is 11.3 Å². The monoisotopic (exact) mass is 253 g/mol. The zero-order chi connectivity index (χ0) is 13.2. The van der Waals surface area contributed by atoms with Gasteiger partial charge in [-0.25, -0.2) is 15.0 Å². The number of hydrogen-bond acceptors (Lipinski definition) is 4. The van der Waals surface area contributed by atoms with Gasteiger partial charge < -0.3 is 4.40 Å². The second kappa shape index (κ2) is 4.49. The van der Waals surface area contributed by atoms with Gasteiger partial charge in [-0.3, -0.25) is 10.1 Å². The van der Waals surface area contributed by atoms with Gasteiger partial charge in [-0.05, 0) is 25.1 Å². The van der Waals surface area contributed by atoms with Crippen LogP contribution in [0.15, 0.2) is 43.0 Å². The van der Waals surface area contributed by atoms with E-state index in [1.54, 1.807) is 36.8 Å². The molecule has 0 unspecified atom stereocenters. The van der Waals surface area contributed by atoms with Crippen LogP contribution in [0.3, 0.4) is 0 Å². The average Bonchev–Trinajstić information content (AvgIpc) is 2.78. The maximum absolute atomic E-state index is 12.0. The summed E-state index contributed by atoms with van der Waals surface area (Å²) in [5.74, 6) is 0.0360. The molecule has 6 nitrogen and oxygen atoms in total. The highest BCUT2D eigenvalue weighted by Gasteiger charge is 2.08. The van der Waals surface area contributed by atoms with Gasteiger partial charge in [0, 0.05) is 24.8 Å². The van der Waals surface area contributed by atoms with Crippen LogP contribution in [0.4, 0.5) is 5.95 Å². The molecule has 1 amide bonds. The molecule has 3 heterocycles. The number of amides is 1. The van der Waals surface area contributed by atoms with E-state index in [2.05, 4.69) is 20.3 Å². The number of pyridine rings is 1. The third-order valence-electron chi connectivity index (χ3n) is 2.62. The molecule has 0 radical (unpaired) electrons. The first kappa shape index (κ1) is 11.3. The Hall–Kier alpha value is -2.76. The molecule has 3 aromatic rings. The lowest BCUT2D eigenvalue weighted by Gasteiger charge is -2.03. The minimum Gasteiger partial charge on any atom is -0.306 e. The van der Waals surface area contributed by atoms with E-state index in [-0.39, 0.29) is 11.9 Å². The molecule has 0 aromatic carbocycles. The second-order valence-corrected chi connectivity index (χ2v) is 4.09. The number of anilines is 1. The smallest absolute Gasteiger partial charge is 0.259 e. The first-order valence-electron chi connectivity index (χ1n) is 5.76. The quantitative estimate of drug-likeness (QED) is 0.754. The zero-order valence-electron chi connectivity index (χ0n) is 10.2. The molecule has 0 aliphatic carbocycles. The first-order valence-corrected chi connectivity index (χ1v) is 5.76. The third kappa shape index (κ3) is 2.28. The lowest BCUT2D eigenvalue weighted by Crippen LogP contribution is -2.14. The third-order valence-corrected chi connectivity index (χ3v) is 2.62. The van der Waals surface area contributed by atoms with Crippen LogP contribution in [0.5, 0.6) is 0 Å². The minimum atomic E-state index is -0.251. The number of hydrogen-bond donors (Lipinski definition) is 1. The van der Waals surface area contributed by atoms with Crippen molar-refractivity contribution < 1.29 is 4.79 Å². The highest BCUT2D eigenvalue weighted by atomic mass is 16.1. The van der Waals surface area contributed by atoms with Crippen molar-refractivity contribution in [1.82, 2.24) is 19.4 Å². The fraction of sp³-hybridized carbons (Fsp3) is 0.0769. The summed E-state index contributed by atoms with van der Waals surface area (Å²) in [5, 5.41) is 2.63. The van der Waals surface area contributed by atoms with E-state index in [1.165, 1.54) is 0 Å². The number of rotatable bonds is 2. The van der Waals surface area contributed by atoms with Crippen LogP contribution in [0.1, 0.15) is 16.1 Å². The Morgan fingerprint density at radius 2 is 2.00 bits per heavy atom. The number of fused-ring (bicyclic) bond motifs is 1. The van der Waals surface area contributed by atoms with Crippen molar-refractivity contribution in [2.45, 2.75) is 6.92 Å². The molecule has 94 valence electrons. The Kier molecular flexibility index (Phi) is 2.68. The lowest BCUT2D eigenvalue weighted by molar-refractivity contribution is 0.102. The van der Waals surface area contributed by atoms with Crippen molar-refractivity contribution >= 4 is 17.5 Å². The summed E-state index contributed by atoms with van der Waals surface area (Å²) in [4.78, 5) is 24.2. The molecule has 6 heteroatoms. The Bertz CT molecular complexity index is 735. The predicted molar refractivity (Wildman–Crippen MR) is 69.9 cm³/mol. The lowest BCUT2D eigenvalue weighted by atomic mass is 10.2. The maximum atomic E-state index is 12.0. The van der Waals surface area contributed by atoms with E-state index in [1.807, 2.05) is 17.5 Å². The van der Waals surface area contributed by atoms with Gasteiger partial charge in [-0.1, -0.05) is 0 Å². The molecule has 0 fully saturated rings. The van der Waals surface area contributed by atoms with Gasteiger partial charge in [0.05, 0.1) is 11.3 Å². The molecule has 3 aromatic heterocycles. The highest BCUT2D eigenvalue weighted by molar-refractivity contribution is 6.03. The van der Waals surface area contributed by atoms with E-state index in [4.69, 9.17) is 0 Å². The summed E-state index contributed by atoms with van der Waals surface area (Å²) in [6.45, 7) is 1.91. The molecule has 1 N–H and O–H groups in total. The summed E-state index contributed by atoms with van der Waals surface area (Å²) >= 11 is 0.